The van der Waals surface area contributed by atoms with Crippen molar-refractivity contribution in [3.05, 3.63) is 47.7 Å². The monoisotopic (exact) mass is 231 g/mol. The van der Waals surface area contributed by atoms with Gasteiger partial charge in [-0.2, -0.15) is 0 Å². The second kappa shape index (κ2) is 4.29. The van der Waals surface area contributed by atoms with E-state index in [0.29, 0.717) is 17.0 Å². The molecule has 1 aromatic heterocycles. The van der Waals surface area contributed by atoms with Crippen LogP contribution in [0.3, 0.4) is 0 Å². The molecule has 0 atom stereocenters. The summed E-state index contributed by atoms with van der Waals surface area (Å²) < 4.78 is 12.8. The molecule has 5 heteroatoms. The Hall–Kier alpha value is -2.30. The minimum Gasteiger partial charge on any atom is -0.363 e. The van der Waals surface area contributed by atoms with Crippen molar-refractivity contribution in [2.75, 3.05) is 0 Å². The number of hydrogen-bond acceptors (Lipinski definition) is 3. The van der Waals surface area contributed by atoms with E-state index in [-0.39, 0.29) is 11.6 Å². The van der Waals surface area contributed by atoms with Crippen molar-refractivity contribution in [1.29, 1.82) is 0 Å². The van der Waals surface area contributed by atoms with E-state index in [9.17, 15) is 9.18 Å². The number of amides is 1. The van der Waals surface area contributed by atoms with Crippen molar-refractivity contribution in [1.82, 2.24) is 9.97 Å². The molecule has 2 rings (SSSR count). The molecule has 86 valence electrons. The summed E-state index contributed by atoms with van der Waals surface area (Å²) in [5, 5.41) is 0. The predicted octanol–water partition coefficient (Wildman–Crippen LogP) is 1.69. The smallest absolute Gasteiger partial charge is 0.286 e. The average molecular weight is 231 g/mol. The number of primary amides is 1. The van der Waals surface area contributed by atoms with E-state index in [1.807, 2.05) is 0 Å². The molecule has 0 saturated heterocycles. The summed E-state index contributed by atoms with van der Waals surface area (Å²) >= 11 is 0. The number of hydrogen-bond donors (Lipinski definition) is 1. The fourth-order valence-corrected chi connectivity index (χ4v) is 1.45. The Morgan fingerprint density at radius 2 is 1.88 bits per heavy atom. The highest BCUT2D eigenvalue weighted by atomic mass is 19.1. The van der Waals surface area contributed by atoms with Crippen molar-refractivity contribution in [3.63, 3.8) is 0 Å². The molecule has 0 radical (unpaired) electrons. The Morgan fingerprint density at radius 3 is 2.47 bits per heavy atom. The Morgan fingerprint density at radius 1 is 1.24 bits per heavy atom. The number of rotatable bonds is 2. The van der Waals surface area contributed by atoms with Crippen LogP contribution >= 0.6 is 0 Å². The number of carbonyl (C=O) groups is 1. The van der Waals surface area contributed by atoms with E-state index in [0.717, 1.165) is 0 Å². The van der Waals surface area contributed by atoms with E-state index < -0.39 is 5.91 Å². The second-order valence-electron chi connectivity index (χ2n) is 3.59. The van der Waals surface area contributed by atoms with Crippen LogP contribution in [0.4, 0.5) is 4.39 Å². The van der Waals surface area contributed by atoms with Gasteiger partial charge in [-0.3, -0.25) is 4.79 Å². The maximum absolute atomic E-state index is 12.8. The van der Waals surface area contributed by atoms with E-state index in [1.165, 1.54) is 12.1 Å². The van der Waals surface area contributed by atoms with Crippen molar-refractivity contribution >= 4 is 5.91 Å². The lowest BCUT2D eigenvalue weighted by molar-refractivity contribution is 0.0990. The first-order chi connectivity index (χ1) is 8.06. The van der Waals surface area contributed by atoms with E-state index in [4.69, 9.17) is 5.73 Å². The van der Waals surface area contributed by atoms with Gasteiger partial charge in [-0.05, 0) is 37.3 Å². The molecule has 1 aromatic carbocycles. The molecule has 1 heterocycles. The van der Waals surface area contributed by atoms with Gasteiger partial charge in [0.25, 0.3) is 5.91 Å². The van der Waals surface area contributed by atoms with Gasteiger partial charge in [-0.15, -0.1) is 0 Å². The summed E-state index contributed by atoms with van der Waals surface area (Å²) in [5.74, 6) is -1.05. The van der Waals surface area contributed by atoms with E-state index >= 15 is 0 Å². The van der Waals surface area contributed by atoms with Crippen LogP contribution in [0.1, 0.15) is 16.3 Å². The third-order valence-electron chi connectivity index (χ3n) is 2.21. The maximum Gasteiger partial charge on any atom is 0.286 e. The van der Waals surface area contributed by atoms with Crippen LogP contribution in [0.2, 0.25) is 0 Å². The number of benzene rings is 1. The molecule has 0 spiro atoms. The summed E-state index contributed by atoms with van der Waals surface area (Å²) in [6.07, 6.45) is 0. The zero-order valence-corrected chi connectivity index (χ0v) is 9.14. The summed E-state index contributed by atoms with van der Waals surface area (Å²) in [6, 6.07) is 7.54. The molecule has 0 aliphatic rings. The molecule has 0 aliphatic carbocycles. The van der Waals surface area contributed by atoms with Crippen LogP contribution in [0.5, 0.6) is 0 Å². The molecule has 0 unspecified atom stereocenters. The van der Waals surface area contributed by atoms with Crippen LogP contribution < -0.4 is 5.73 Å². The molecule has 4 nitrogen and oxygen atoms in total. The highest BCUT2D eigenvalue weighted by Gasteiger charge is 2.08. The number of carbonyl (C=O) groups excluding carboxylic acids is 1. The Labute approximate surface area is 97.3 Å². The van der Waals surface area contributed by atoms with Gasteiger partial charge >= 0.3 is 0 Å². The van der Waals surface area contributed by atoms with Gasteiger partial charge in [0, 0.05) is 11.3 Å². The average Bonchev–Trinajstić information content (AvgIpc) is 2.29. The van der Waals surface area contributed by atoms with Crippen molar-refractivity contribution < 1.29 is 9.18 Å². The van der Waals surface area contributed by atoms with Crippen LogP contribution in [0.25, 0.3) is 11.3 Å². The molecule has 2 N–H and O–H groups in total. The highest BCUT2D eigenvalue weighted by molar-refractivity contribution is 5.89. The van der Waals surface area contributed by atoms with Gasteiger partial charge in [-0.25, -0.2) is 14.4 Å². The molecule has 17 heavy (non-hydrogen) atoms. The van der Waals surface area contributed by atoms with Gasteiger partial charge < -0.3 is 5.73 Å². The van der Waals surface area contributed by atoms with E-state index in [2.05, 4.69) is 9.97 Å². The second-order valence-corrected chi connectivity index (χ2v) is 3.59. The summed E-state index contributed by atoms with van der Waals surface area (Å²) in [7, 11) is 0. The predicted molar refractivity (Wildman–Crippen MR) is 60.7 cm³/mol. The normalized spacial score (nSPS) is 10.2. The SMILES string of the molecule is Cc1cc(-c2ccc(F)cc2)nc(C(N)=O)n1. The molecule has 2 aromatic rings. The third-order valence-corrected chi connectivity index (χ3v) is 2.21. The zero-order chi connectivity index (χ0) is 12.4. The fourth-order valence-electron chi connectivity index (χ4n) is 1.45. The first-order valence-corrected chi connectivity index (χ1v) is 4.97. The van der Waals surface area contributed by atoms with Crippen LogP contribution in [0, 0.1) is 12.7 Å². The Balaban J connectivity index is 2.51. The van der Waals surface area contributed by atoms with E-state index in [1.54, 1.807) is 25.1 Å². The fraction of sp³-hybridized carbons (Fsp3) is 0.0833. The van der Waals surface area contributed by atoms with Crippen molar-refractivity contribution in [2.24, 2.45) is 5.73 Å². The summed E-state index contributed by atoms with van der Waals surface area (Å²) in [5.41, 5.74) is 7.02. The topological polar surface area (TPSA) is 68.9 Å². The van der Waals surface area contributed by atoms with Gasteiger partial charge in [0.2, 0.25) is 5.82 Å². The molecule has 0 saturated carbocycles. The van der Waals surface area contributed by atoms with Gasteiger partial charge in [0.1, 0.15) is 5.82 Å². The summed E-state index contributed by atoms with van der Waals surface area (Å²) in [6.45, 7) is 1.74. The third kappa shape index (κ3) is 2.44. The molecular weight excluding hydrogens is 221 g/mol. The molecule has 0 bridgehead atoms. The number of nitrogens with two attached hydrogens (primary N) is 1. The van der Waals surface area contributed by atoms with Gasteiger partial charge in [0.15, 0.2) is 0 Å². The number of aryl methyl sites for hydroxylation is 1. The zero-order valence-electron chi connectivity index (χ0n) is 9.14. The molecular formula is C12H10FN3O. The lowest BCUT2D eigenvalue weighted by Gasteiger charge is -2.03. The first-order valence-electron chi connectivity index (χ1n) is 4.97. The molecule has 0 aliphatic heterocycles. The number of halogens is 1. The lowest BCUT2D eigenvalue weighted by atomic mass is 10.1. The summed E-state index contributed by atoms with van der Waals surface area (Å²) in [4.78, 5) is 19.0. The highest BCUT2D eigenvalue weighted by Crippen LogP contribution is 2.18. The largest absolute Gasteiger partial charge is 0.363 e. The Bertz CT molecular complexity index is 566. The van der Waals surface area contributed by atoms with Crippen molar-refractivity contribution in [3.8, 4) is 11.3 Å². The maximum atomic E-state index is 12.8. The Kier molecular flexibility index (Phi) is 2.82. The molecule has 1 amide bonds. The van der Waals surface area contributed by atoms with Crippen LogP contribution in [-0.4, -0.2) is 15.9 Å². The van der Waals surface area contributed by atoms with Gasteiger partial charge in [0.05, 0.1) is 5.69 Å². The molecule has 0 fully saturated rings. The minimum atomic E-state index is -0.683. The number of aromatic nitrogens is 2. The first kappa shape index (κ1) is 11.2. The quantitative estimate of drug-likeness (QED) is 0.855. The van der Waals surface area contributed by atoms with Crippen molar-refractivity contribution in [2.45, 2.75) is 6.92 Å². The number of nitrogens with zero attached hydrogens (tertiary/aromatic N) is 2. The minimum absolute atomic E-state index is 0.0377. The lowest BCUT2D eigenvalue weighted by Crippen LogP contribution is -2.16. The van der Waals surface area contributed by atoms with Gasteiger partial charge in [-0.1, -0.05) is 0 Å². The van der Waals surface area contributed by atoms with Crippen LogP contribution in [-0.2, 0) is 0 Å². The van der Waals surface area contributed by atoms with Crippen LogP contribution in [0.15, 0.2) is 30.3 Å². The standard InChI is InChI=1S/C12H10FN3O/c1-7-6-10(16-12(15-7)11(14)17)8-2-4-9(13)5-3-8/h2-6H,1H3,(H2,14,17).